The first kappa shape index (κ1) is 16.4. The summed E-state index contributed by atoms with van der Waals surface area (Å²) >= 11 is 0. The van der Waals surface area contributed by atoms with Crippen LogP contribution in [0.15, 0.2) is 0 Å². The summed E-state index contributed by atoms with van der Waals surface area (Å²) in [6.07, 6.45) is 3.18. The van der Waals surface area contributed by atoms with E-state index in [1.54, 1.807) is 0 Å². The Hall–Kier alpha value is -0.550. The third-order valence-corrected chi connectivity index (χ3v) is 2.86. The lowest BCUT2D eigenvalue weighted by molar-refractivity contribution is 0.239. The molecule has 0 bridgehead atoms. The molecule has 2 heteroatoms. The van der Waals surface area contributed by atoms with Crippen LogP contribution >= 0.6 is 0 Å². The molecule has 0 atom stereocenters. The van der Waals surface area contributed by atoms with Gasteiger partial charge in [0, 0.05) is 5.54 Å². The topological polar surface area (TPSA) is 35.8 Å². The lowest BCUT2D eigenvalue weighted by atomic mass is 9.81. The van der Waals surface area contributed by atoms with Gasteiger partial charge in [-0.3, -0.25) is 0 Å². The van der Waals surface area contributed by atoms with Crippen molar-refractivity contribution in [2.75, 3.05) is 6.54 Å². The van der Waals surface area contributed by atoms with Crippen LogP contribution in [-0.2, 0) is 0 Å². The van der Waals surface area contributed by atoms with Gasteiger partial charge in [-0.2, -0.15) is 5.26 Å². The van der Waals surface area contributed by atoms with E-state index in [0.717, 1.165) is 25.8 Å². The molecule has 0 saturated heterocycles. The number of nitrogens with one attached hydrogen (secondary N) is 1. The second-order valence-electron chi connectivity index (χ2n) is 7.65. The van der Waals surface area contributed by atoms with Crippen LogP contribution in [0.1, 0.15) is 67.7 Å². The molecule has 0 spiro atoms. The zero-order chi connectivity index (χ0) is 13.7. The quantitative estimate of drug-likeness (QED) is 0.707. The molecule has 100 valence electrons. The van der Waals surface area contributed by atoms with Gasteiger partial charge in [0.25, 0.3) is 0 Å². The van der Waals surface area contributed by atoms with Crippen molar-refractivity contribution in [1.29, 1.82) is 5.26 Å². The third kappa shape index (κ3) is 9.18. The van der Waals surface area contributed by atoms with Gasteiger partial charge in [-0.1, -0.05) is 20.8 Å². The largest absolute Gasteiger partial charge is 0.312 e. The Morgan fingerprint density at radius 1 is 1.00 bits per heavy atom. The van der Waals surface area contributed by atoms with Crippen molar-refractivity contribution in [3.8, 4) is 6.07 Å². The minimum absolute atomic E-state index is 0.176. The second kappa shape index (κ2) is 5.87. The molecule has 0 aromatic carbocycles. The summed E-state index contributed by atoms with van der Waals surface area (Å²) < 4.78 is 0. The second-order valence-corrected chi connectivity index (χ2v) is 7.65. The van der Waals surface area contributed by atoms with Crippen molar-refractivity contribution >= 4 is 0 Å². The molecule has 2 nitrogen and oxygen atoms in total. The van der Waals surface area contributed by atoms with E-state index in [-0.39, 0.29) is 11.0 Å². The van der Waals surface area contributed by atoms with Gasteiger partial charge in [0.1, 0.15) is 0 Å². The fraction of sp³-hybridized carbons (Fsp3) is 0.933. The van der Waals surface area contributed by atoms with Crippen molar-refractivity contribution in [1.82, 2.24) is 5.32 Å². The molecule has 1 N–H and O–H groups in total. The number of hydrogen-bond acceptors (Lipinski definition) is 2. The molecule has 0 radical (unpaired) electrons. The van der Waals surface area contributed by atoms with E-state index < -0.39 is 0 Å². The predicted molar refractivity (Wildman–Crippen MR) is 74.8 cm³/mol. The van der Waals surface area contributed by atoms with Gasteiger partial charge in [0.2, 0.25) is 0 Å². The van der Waals surface area contributed by atoms with E-state index in [9.17, 15) is 0 Å². The number of hydrogen-bond donors (Lipinski definition) is 1. The van der Waals surface area contributed by atoms with Gasteiger partial charge < -0.3 is 5.32 Å². The highest BCUT2D eigenvalue weighted by Crippen LogP contribution is 2.27. The number of nitrogens with zero attached hydrogens (tertiary/aromatic N) is 1. The zero-order valence-corrected chi connectivity index (χ0v) is 12.8. The van der Waals surface area contributed by atoms with Crippen molar-refractivity contribution in [3.63, 3.8) is 0 Å². The summed E-state index contributed by atoms with van der Waals surface area (Å²) in [5, 5.41) is 12.5. The van der Waals surface area contributed by atoms with Crippen LogP contribution in [0.25, 0.3) is 0 Å². The van der Waals surface area contributed by atoms with Crippen LogP contribution in [0.4, 0.5) is 0 Å². The maximum absolute atomic E-state index is 8.94. The van der Waals surface area contributed by atoms with Gasteiger partial charge >= 0.3 is 0 Å². The van der Waals surface area contributed by atoms with E-state index in [2.05, 4.69) is 46.0 Å². The third-order valence-electron chi connectivity index (χ3n) is 2.86. The van der Waals surface area contributed by atoms with Crippen LogP contribution < -0.4 is 5.32 Å². The highest BCUT2D eigenvalue weighted by molar-refractivity contribution is 4.91. The molecule has 0 aliphatic rings. The zero-order valence-electron chi connectivity index (χ0n) is 12.8. The maximum Gasteiger partial charge on any atom is 0.0683 e. The molecule has 0 aromatic heterocycles. The Labute approximate surface area is 108 Å². The monoisotopic (exact) mass is 238 g/mol. The standard InChI is InChI=1S/C15H30N2/c1-13(2,3)11-15(6,7)17-10-8-9-14(4,5)12-16/h17H,8-11H2,1-7H3. The van der Waals surface area contributed by atoms with Gasteiger partial charge in [0.15, 0.2) is 0 Å². The normalized spacial score (nSPS) is 13.5. The molecule has 0 fully saturated rings. The summed E-state index contributed by atoms with van der Waals surface area (Å²) in [7, 11) is 0. The molecule has 0 heterocycles. The average molecular weight is 238 g/mol. The van der Waals surface area contributed by atoms with Crippen LogP contribution in [-0.4, -0.2) is 12.1 Å². The van der Waals surface area contributed by atoms with E-state index in [1.807, 2.05) is 13.8 Å². The summed E-state index contributed by atoms with van der Waals surface area (Å²) in [5.41, 5.74) is 0.341. The van der Waals surface area contributed by atoms with E-state index in [0.29, 0.717) is 5.41 Å². The lowest BCUT2D eigenvalue weighted by Gasteiger charge is -2.33. The van der Waals surface area contributed by atoms with Crippen LogP contribution in [0.3, 0.4) is 0 Å². The molecule has 0 aliphatic carbocycles. The van der Waals surface area contributed by atoms with Crippen molar-refractivity contribution in [3.05, 3.63) is 0 Å². The maximum atomic E-state index is 8.94. The molecule has 0 saturated carbocycles. The average Bonchev–Trinajstić information content (AvgIpc) is 2.09. The Morgan fingerprint density at radius 2 is 1.53 bits per heavy atom. The molecule has 0 rings (SSSR count). The predicted octanol–water partition coefficient (Wildman–Crippen LogP) is 4.12. The Morgan fingerprint density at radius 3 is 1.94 bits per heavy atom. The van der Waals surface area contributed by atoms with Crippen LogP contribution in [0.2, 0.25) is 0 Å². The number of nitriles is 1. The summed E-state index contributed by atoms with van der Waals surface area (Å²) in [6.45, 7) is 16.3. The molecular formula is C15H30N2. The summed E-state index contributed by atoms with van der Waals surface area (Å²) in [5.74, 6) is 0. The van der Waals surface area contributed by atoms with Crippen molar-refractivity contribution < 1.29 is 0 Å². The van der Waals surface area contributed by atoms with Gasteiger partial charge in [-0.15, -0.1) is 0 Å². The molecule has 0 aliphatic heterocycles. The molecule has 0 unspecified atom stereocenters. The van der Waals surface area contributed by atoms with E-state index in [4.69, 9.17) is 5.26 Å². The fourth-order valence-electron chi connectivity index (χ4n) is 2.40. The first-order chi connectivity index (χ1) is 7.47. The minimum atomic E-state index is -0.185. The summed E-state index contributed by atoms with van der Waals surface area (Å²) in [6, 6.07) is 2.35. The minimum Gasteiger partial charge on any atom is -0.312 e. The van der Waals surface area contributed by atoms with Crippen molar-refractivity contribution in [2.45, 2.75) is 73.3 Å². The Bertz CT molecular complexity index is 264. The van der Waals surface area contributed by atoms with Gasteiger partial charge in [0.05, 0.1) is 11.5 Å². The highest BCUT2D eigenvalue weighted by Gasteiger charge is 2.24. The molecule has 0 aromatic rings. The smallest absolute Gasteiger partial charge is 0.0683 e. The number of rotatable bonds is 6. The SMILES string of the molecule is CC(C)(C)CC(C)(C)NCCCC(C)(C)C#N. The van der Waals surface area contributed by atoms with E-state index in [1.165, 1.54) is 0 Å². The first-order valence-electron chi connectivity index (χ1n) is 6.64. The summed E-state index contributed by atoms with van der Waals surface area (Å²) in [4.78, 5) is 0. The van der Waals surface area contributed by atoms with Crippen LogP contribution in [0, 0.1) is 22.2 Å². The Kier molecular flexibility index (Phi) is 5.68. The van der Waals surface area contributed by atoms with E-state index >= 15 is 0 Å². The Balaban J connectivity index is 3.93. The van der Waals surface area contributed by atoms with Crippen molar-refractivity contribution in [2.24, 2.45) is 10.8 Å². The molecular weight excluding hydrogens is 208 g/mol. The highest BCUT2D eigenvalue weighted by atomic mass is 14.9. The fourth-order valence-corrected chi connectivity index (χ4v) is 2.40. The molecule has 0 amide bonds. The van der Waals surface area contributed by atoms with Gasteiger partial charge in [-0.25, -0.2) is 0 Å². The molecule has 17 heavy (non-hydrogen) atoms. The van der Waals surface area contributed by atoms with Gasteiger partial charge in [-0.05, 0) is 58.9 Å². The van der Waals surface area contributed by atoms with Crippen LogP contribution in [0.5, 0.6) is 0 Å². The lowest BCUT2D eigenvalue weighted by Crippen LogP contribution is -2.42. The first-order valence-corrected chi connectivity index (χ1v) is 6.64.